The number of hydrogen-bond acceptors (Lipinski definition) is 3. The lowest BCUT2D eigenvalue weighted by atomic mass is 10.2. The fourth-order valence-corrected chi connectivity index (χ4v) is 1.82. The summed E-state index contributed by atoms with van der Waals surface area (Å²) in [5.41, 5.74) is 5.52. The first-order valence-electron chi connectivity index (χ1n) is 6.82. The summed E-state index contributed by atoms with van der Waals surface area (Å²) in [6.45, 7) is 3.42. The number of amides is 2. The molecule has 5 heteroatoms. The minimum absolute atomic E-state index is 0.185. The van der Waals surface area contributed by atoms with Gasteiger partial charge < -0.3 is 5.32 Å². The Morgan fingerprint density at radius 1 is 1.09 bits per heavy atom. The molecule has 0 bridgehead atoms. The molecule has 0 fully saturated rings. The predicted octanol–water partition coefficient (Wildman–Crippen LogP) is 2.72. The first-order valence-corrected chi connectivity index (χ1v) is 6.82. The van der Waals surface area contributed by atoms with E-state index >= 15 is 0 Å². The fourth-order valence-electron chi connectivity index (χ4n) is 1.82. The molecule has 0 aromatic heterocycles. The molecule has 2 aromatic carbocycles. The highest BCUT2D eigenvalue weighted by Gasteiger charge is 2.05. The number of benzene rings is 2. The maximum absolute atomic E-state index is 12.0. The number of hydrazone groups is 1. The van der Waals surface area contributed by atoms with E-state index in [1.807, 2.05) is 31.2 Å². The molecule has 2 aromatic rings. The molecule has 0 saturated heterocycles. The van der Waals surface area contributed by atoms with Crippen molar-refractivity contribution >= 4 is 23.7 Å². The van der Waals surface area contributed by atoms with Gasteiger partial charge in [0.15, 0.2) is 0 Å². The number of nitrogens with zero attached hydrogens (tertiary/aromatic N) is 1. The normalized spacial score (nSPS) is 10.5. The van der Waals surface area contributed by atoms with Crippen LogP contribution >= 0.6 is 0 Å². The lowest BCUT2D eigenvalue weighted by molar-refractivity contribution is -0.114. The summed E-state index contributed by atoms with van der Waals surface area (Å²) in [6.07, 6.45) is 1.58. The van der Waals surface area contributed by atoms with E-state index in [1.54, 1.807) is 30.5 Å². The molecular weight excluding hydrogens is 278 g/mol. The Morgan fingerprint density at radius 2 is 1.82 bits per heavy atom. The number of carbonyl (C=O) groups is 2. The van der Waals surface area contributed by atoms with Crippen molar-refractivity contribution in [2.45, 2.75) is 13.8 Å². The maximum atomic E-state index is 12.0. The van der Waals surface area contributed by atoms with E-state index < -0.39 is 0 Å². The van der Waals surface area contributed by atoms with Crippen LogP contribution in [0.5, 0.6) is 0 Å². The molecule has 2 N–H and O–H groups in total. The molecule has 2 rings (SSSR count). The average molecular weight is 295 g/mol. The van der Waals surface area contributed by atoms with Crippen LogP contribution in [0.3, 0.4) is 0 Å². The highest BCUT2D eigenvalue weighted by molar-refractivity contribution is 5.97. The van der Waals surface area contributed by atoms with Crippen LogP contribution in [0.2, 0.25) is 0 Å². The van der Waals surface area contributed by atoms with Crippen molar-refractivity contribution in [1.29, 1.82) is 0 Å². The van der Waals surface area contributed by atoms with Gasteiger partial charge in [0.25, 0.3) is 5.91 Å². The van der Waals surface area contributed by atoms with Crippen LogP contribution in [0.25, 0.3) is 0 Å². The van der Waals surface area contributed by atoms with Crippen LogP contribution in [-0.2, 0) is 4.79 Å². The Bertz CT molecular complexity index is 706. The second-order valence-electron chi connectivity index (χ2n) is 4.87. The first kappa shape index (κ1) is 15.4. The summed E-state index contributed by atoms with van der Waals surface area (Å²) in [6, 6.07) is 14.4. The quantitative estimate of drug-likeness (QED) is 0.672. The van der Waals surface area contributed by atoms with Gasteiger partial charge in [0.1, 0.15) is 0 Å². The number of aryl methyl sites for hydroxylation is 1. The third-order valence-electron chi connectivity index (χ3n) is 2.90. The van der Waals surface area contributed by atoms with E-state index in [0.29, 0.717) is 11.3 Å². The molecule has 0 spiro atoms. The second kappa shape index (κ2) is 7.17. The third kappa shape index (κ3) is 4.56. The molecule has 22 heavy (non-hydrogen) atoms. The standard InChI is InChI=1S/C17H17N3O2/c1-12-6-8-14(9-7-12)11-18-20-17(22)15-4-3-5-16(10-15)19-13(2)21/h3-11H,1-2H3,(H,19,21)(H,20,22)/b18-11-. The molecule has 2 amide bonds. The van der Waals surface area contributed by atoms with E-state index in [2.05, 4.69) is 15.8 Å². The monoisotopic (exact) mass is 295 g/mol. The molecule has 112 valence electrons. The number of hydrogen-bond donors (Lipinski definition) is 2. The Hall–Kier alpha value is -2.95. The van der Waals surface area contributed by atoms with Gasteiger partial charge in [-0.1, -0.05) is 35.9 Å². The topological polar surface area (TPSA) is 70.6 Å². The van der Waals surface area contributed by atoms with Gasteiger partial charge in [0, 0.05) is 18.2 Å². The zero-order valence-electron chi connectivity index (χ0n) is 12.5. The minimum atomic E-state index is -0.337. The van der Waals surface area contributed by atoms with E-state index in [0.717, 1.165) is 11.1 Å². The van der Waals surface area contributed by atoms with Crippen LogP contribution < -0.4 is 10.7 Å². The summed E-state index contributed by atoms with van der Waals surface area (Å²) >= 11 is 0. The van der Waals surface area contributed by atoms with Crippen LogP contribution in [0.4, 0.5) is 5.69 Å². The highest BCUT2D eigenvalue weighted by Crippen LogP contribution is 2.10. The zero-order valence-corrected chi connectivity index (χ0v) is 12.5. The Labute approximate surface area is 129 Å². The van der Waals surface area contributed by atoms with Gasteiger partial charge >= 0.3 is 0 Å². The van der Waals surface area contributed by atoms with E-state index in [9.17, 15) is 9.59 Å². The predicted molar refractivity (Wildman–Crippen MR) is 87.0 cm³/mol. The van der Waals surface area contributed by atoms with Crippen molar-refractivity contribution in [3.8, 4) is 0 Å². The van der Waals surface area contributed by atoms with Gasteiger partial charge in [-0.15, -0.1) is 0 Å². The van der Waals surface area contributed by atoms with Crippen LogP contribution in [0, 0.1) is 6.92 Å². The molecule has 0 aliphatic carbocycles. The summed E-state index contributed by atoms with van der Waals surface area (Å²) in [7, 11) is 0. The summed E-state index contributed by atoms with van der Waals surface area (Å²) in [5, 5.41) is 6.56. The van der Waals surface area contributed by atoms with E-state index in [4.69, 9.17) is 0 Å². The van der Waals surface area contributed by atoms with Crippen molar-refractivity contribution in [3.63, 3.8) is 0 Å². The van der Waals surface area contributed by atoms with Crippen molar-refractivity contribution in [2.24, 2.45) is 5.10 Å². The molecular formula is C17H17N3O2. The van der Waals surface area contributed by atoms with Crippen molar-refractivity contribution < 1.29 is 9.59 Å². The Balaban J connectivity index is 2.00. The third-order valence-corrected chi connectivity index (χ3v) is 2.90. The lowest BCUT2D eigenvalue weighted by Gasteiger charge is -2.04. The summed E-state index contributed by atoms with van der Waals surface area (Å²) in [4.78, 5) is 23.0. The average Bonchev–Trinajstić information content (AvgIpc) is 2.49. The maximum Gasteiger partial charge on any atom is 0.271 e. The largest absolute Gasteiger partial charge is 0.326 e. The summed E-state index contributed by atoms with van der Waals surface area (Å²) < 4.78 is 0. The first-order chi connectivity index (χ1) is 10.5. The zero-order chi connectivity index (χ0) is 15.9. The molecule has 5 nitrogen and oxygen atoms in total. The number of rotatable bonds is 4. The number of carbonyl (C=O) groups excluding carboxylic acids is 2. The molecule has 0 heterocycles. The van der Waals surface area contributed by atoms with Crippen LogP contribution in [-0.4, -0.2) is 18.0 Å². The van der Waals surface area contributed by atoms with Crippen LogP contribution in [0.15, 0.2) is 53.6 Å². The van der Waals surface area contributed by atoms with Gasteiger partial charge in [0.05, 0.1) is 6.21 Å². The van der Waals surface area contributed by atoms with Gasteiger partial charge in [0.2, 0.25) is 5.91 Å². The Morgan fingerprint density at radius 3 is 2.50 bits per heavy atom. The smallest absolute Gasteiger partial charge is 0.271 e. The SMILES string of the molecule is CC(=O)Nc1cccc(C(=O)N/N=C\c2ccc(C)cc2)c1. The van der Waals surface area contributed by atoms with Crippen molar-refractivity contribution in [2.75, 3.05) is 5.32 Å². The van der Waals surface area contributed by atoms with Gasteiger partial charge in [-0.2, -0.15) is 5.10 Å². The van der Waals surface area contributed by atoms with E-state index in [1.165, 1.54) is 6.92 Å². The molecule has 0 aliphatic rings. The van der Waals surface area contributed by atoms with Crippen LogP contribution in [0.1, 0.15) is 28.4 Å². The second-order valence-corrected chi connectivity index (χ2v) is 4.87. The Kier molecular flexibility index (Phi) is 5.03. The molecule has 0 atom stereocenters. The van der Waals surface area contributed by atoms with Gasteiger partial charge in [-0.25, -0.2) is 5.43 Å². The number of anilines is 1. The van der Waals surface area contributed by atoms with Crippen molar-refractivity contribution in [3.05, 3.63) is 65.2 Å². The highest BCUT2D eigenvalue weighted by atomic mass is 16.2. The fraction of sp³-hybridized carbons (Fsp3) is 0.118. The molecule has 0 aliphatic heterocycles. The van der Waals surface area contributed by atoms with Crippen molar-refractivity contribution in [1.82, 2.24) is 5.43 Å². The van der Waals surface area contributed by atoms with E-state index in [-0.39, 0.29) is 11.8 Å². The number of nitrogens with one attached hydrogen (secondary N) is 2. The molecule has 0 radical (unpaired) electrons. The minimum Gasteiger partial charge on any atom is -0.326 e. The molecule has 0 saturated carbocycles. The van der Waals surface area contributed by atoms with Gasteiger partial charge in [-0.05, 0) is 30.7 Å². The molecule has 0 unspecified atom stereocenters. The summed E-state index contributed by atoms with van der Waals surface area (Å²) in [5.74, 6) is -0.523. The van der Waals surface area contributed by atoms with Gasteiger partial charge in [-0.3, -0.25) is 9.59 Å². The lowest BCUT2D eigenvalue weighted by Crippen LogP contribution is -2.18.